The smallest absolute Gasteiger partial charge is 0.274 e. The van der Waals surface area contributed by atoms with Crippen molar-refractivity contribution in [2.45, 2.75) is 26.3 Å². The molecular formula is C15H16Cl2N4O. The van der Waals surface area contributed by atoms with Crippen molar-refractivity contribution in [3.05, 3.63) is 46.3 Å². The topological polar surface area (TPSA) is 66.9 Å². The van der Waals surface area contributed by atoms with Gasteiger partial charge in [0.05, 0.1) is 15.7 Å². The van der Waals surface area contributed by atoms with Crippen LogP contribution in [-0.4, -0.2) is 21.9 Å². The first-order valence-electron chi connectivity index (χ1n) is 6.85. The molecule has 0 saturated heterocycles. The second-order valence-electron chi connectivity index (χ2n) is 4.79. The van der Waals surface area contributed by atoms with E-state index in [4.69, 9.17) is 23.2 Å². The lowest BCUT2D eigenvalue weighted by Crippen LogP contribution is -2.18. The molecule has 0 bridgehead atoms. The standard InChI is InChI=1S/C15H16Cl2N4O/c1-3-9(2)20-13-7-12(18-8-19-13)15(22)21-14-10(16)5-4-6-11(14)17/h4-9H,3H2,1-2H3,(H,21,22)(H,18,19,20). The number of para-hydroxylation sites is 1. The van der Waals surface area contributed by atoms with Crippen LogP contribution in [0.2, 0.25) is 10.0 Å². The van der Waals surface area contributed by atoms with Crippen molar-refractivity contribution in [1.82, 2.24) is 9.97 Å². The van der Waals surface area contributed by atoms with E-state index in [2.05, 4.69) is 27.5 Å². The van der Waals surface area contributed by atoms with E-state index in [1.165, 1.54) is 6.33 Å². The molecule has 0 radical (unpaired) electrons. The van der Waals surface area contributed by atoms with Gasteiger partial charge in [-0.25, -0.2) is 9.97 Å². The van der Waals surface area contributed by atoms with E-state index < -0.39 is 5.91 Å². The van der Waals surface area contributed by atoms with Gasteiger partial charge in [-0.3, -0.25) is 4.79 Å². The fourth-order valence-electron chi connectivity index (χ4n) is 1.71. The first-order chi connectivity index (χ1) is 10.5. The lowest BCUT2D eigenvalue weighted by Gasteiger charge is -2.13. The maximum atomic E-state index is 12.3. The van der Waals surface area contributed by atoms with Gasteiger partial charge in [0.1, 0.15) is 17.8 Å². The average molecular weight is 339 g/mol. The van der Waals surface area contributed by atoms with E-state index >= 15 is 0 Å². The molecule has 2 rings (SSSR count). The second-order valence-corrected chi connectivity index (χ2v) is 5.61. The molecule has 1 amide bonds. The summed E-state index contributed by atoms with van der Waals surface area (Å²) in [4.78, 5) is 20.4. The minimum atomic E-state index is -0.399. The highest BCUT2D eigenvalue weighted by Gasteiger charge is 2.13. The number of hydrogen-bond donors (Lipinski definition) is 2. The van der Waals surface area contributed by atoms with Crippen molar-refractivity contribution < 1.29 is 4.79 Å². The molecule has 2 aromatic rings. The Kier molecular flexibility index (Phi) is 5.57. The molecule has 22 heavy (non-hydrogen) atoms. The lowest BCUT2D eigenvalue weighted by atomic mass is 10.2. The Morgan fingerprint density at radius 3 is 2.59 bits per heavy atom. The number of carbonyl (C=O) groups is 1. The van der Waals surface area contributed by atoms with Crippen molar-refractivity contribution in [3.63, 3.8) is 0 Å². The molecule has 5 nitrogen and oxygen atoms in total. The summed E-state index contributed by atoms with van der Waals surface area (Å²) in [7, 11) is 0. The van der Waals surface area contributed by atoms with Crippen molar-refractivity contribution >= 4 is 40.6 Å². The molecule has 1 heterocycles. The van der Waals surface area contributed by atoms with E-state index in [1.807, 2.05) is 6.92 Å². The largest absolute Gasteiger partial charge is 0.368 e. The van der Waals surface area contributed by atoms with Crippen LogP contribution in [0.3, 0.4) is 0 Å². The summed E-state index contributed by atoms with van der Waals surface area (Å²) in [6, 6.07) is 6.85. The SMILES string of the molecule is CCC(C)Nc1cc(C(=O)Nc2c(Cl)cccc2Cl)ncn1. The molecule has 2 N–H and O–H groups in total. The van der Waals surface area contributed by atoms with Crippen molar-refractivity contribution in [3.8, 4) is 0 Å². The van der Waals surface area contributed by atoms with E-state index in [9.17, 15) is 4.79 Å². The molecule has 1 aromatic carbocycles. The van der Waals surface area contributed by atoms with Gasteiger partial charge in [0.25, 0.3) is 5.91 Å². The number of benzene rings is 1. The van der Waals surface area contributed by atoms with Gasteiger partial charge < -0.3 is 10.6 Å². The lowest BCUT2D eigenvalue weighted by molar-refractivity contribution is 0.102. The average Bonchev–Trinajstić information content (AvgIpc) is 2.51. The Bertz CT molecular complexity index is 658. The third kappa shape index (κ3) is 4.08. The first-order valence-corrected chi connectivity index (χ1v) is 7.60. The summed E-state index contributed by atoms with van der Waals surface area (Å²) in [5.74, 6) is 0.198. The summed E-state index contributed by atoms with van der Waals surface area (Å²) < 4.78 is 0. The summed E-state index contributed by atoms with van der Waals surface area (Å²) >= 11 is 12.1. The molecule has 0 fully saturated rings. The van der Waals surface area contributed by atoms with Gasteiger partial charge in [-0.1, -0.05) is 36.2 Å². The number of carbonyl (C=O) groups excluding carboxylic acids is 1. The van der Waals surface area contributed by atoms with E-state index in [0.717, 1.165) is 6.42 Å². The highest BCUT2D eigenvalue weighted by atomic mass is 35.5. The first kappa shape index (κ1) is 16.5. The molecule has 1 atom stereocenters. The minimum Gasteiger partial charge on any atom is -0.368 e. The van der Waals surface area contributed by atoms with Crippen molar-refractivity contribution in [1.29, 1.82) is 0 Å². The summed E-state index contributed by atoms with van der Waals surface area (Å²) in [5.41, 5.74) is 0.600. The predicted molar refractivity (Wildman–Crippen MR) is 89.8 cm³/mol. The number of hydrogen-bond acceptors (Lipinski definition) is 4. The van der Waals surface area contributed by atoms with Crippen LogP contribution in [-0.2, 0) is 0 Å². The van der Waals surface area contributed by atoms with Gasteiger partial charge in [0.2, 0.25) is 0 Å². The third-order valence-corrected chi connectivity index (χ3v) is 3.74. The van der Waals surface area contributed by atoms with Crippen LogP contribution >= 0.6 is 23.2 Å². The molecule has 7 heteroatoms. The summed E-state index contributed by atoms with van der Waals surface area (Å²) in [6.45, 7) is 4.09. The van der Waals surface area contributed by atoms with E-state index in [-0.39, 0.29) is 11.7 Å². The van der Waals surface area contributed by atoms with Crippen LogP contribution in [0.25, 0.3) is 0 Å². The van der Waals surface area contributed by atoms with Gasteiger partial charge in [0.15, 0.2) is 0 Å². The normalized spacial score (nSPS) is 11.8. The molecule has 0 aliphatic carbocycles. The zero-order chi connectivity index (χ0) is 16.1. The number of anilines is 2. The van der Waals surface area contributed by atoms with Crippen molar-refractivity contribution in [2.75, 3.05) is 10.6 Å². The molecule has 1 unspecified atom stereocenters. The highest BCUT2D eigenvalue weighted by molar-refractivity contribution is 6.40. The van der Waals surface area contributed by atoms with Crippen LogP contribution in [0.15, 0.2) is 30.6 Å². The Morgan fingerprint density at radius 2 is 1.95 bits per heavy atom. The Balaban J connectivity index is 2.18. The Hall–Kier alpha value is -1.85. The minimum absolute atomic E-state index is 0.233. The monoisotopic (exact) mass is 338 g/mol. The van der Waals surface area contributed by atoms with Gasteiger partial charge >= 0.3 is 0 Å². The Morgan fingerprint density at radius 1 is 1.27 bits per heavy atom. The van der Waals surface area contributed by atoms with Crippen LogP contribution in [0.5, 0.6) is 0 Å². The van der Waals surface area contributed by atoms with Gasteiger partial charge in [0, 0.05) is 12.1 Å². The van der Waals surface area contributed by atoms with Crippen LogP contribution < -0.4 is 10.6 Å². The summed E-state index contributed by atoms with van der Waals surface area (Å²) in [6.07, 6.45) is 2.29. The summed E-state index contributed by atoms with van der Waals surface area (Å²) in [5, 5.41) is 6.60. The number of aromatic nitrogens is 2. The molecule has 0 aliphatic heterocycles. The van der Waals surface area contributed by atoms with Crippen molar-refractivity contribution in [2.24, 2.45) is 0 Å². The van der Waals surface area contributed by atoms with Crippen LogP contribution in [0.4, 0.5) is 11.5 Å². The zero-order valence-electron chi connectivity index (χ0n) is 12.2. The van der Waals surface area contributed by atoms with E-state index in [1.54, 1.807) is 24.3 Å². The fourth-order valence-corrected chi connectivity index (χ4v) is 2.20. The van der Waals surface area contributed by atoms with Gasteiger partial charge in [-0.15, -0.1) is 0 Å². The van der Waals surface area contributed by atoms with Crippen LogP contribution in [0, 0.1) is 0 Å². The third-order valence-electron chi connectivity index (χ3n) is 3.11. The number of nitrogens with one attached hydrogen (secondary N) is 2. The van der Waals surface area contributed by atoms with Gasteiger partial charge in [-0.2, -0.15) is 0 Å². The molecular weight excluding hydrogens is 323 g/mol. The van der Waals surface area contributed by atoms with Gasteiger partial charge in [-0.05, 0) is 25.5 Å². The number of amides is 1. The number of rotatable bonds is 5. The maximum absolute atomic E-state index is 12.3. The van der Waals surface area contributed by atoms with Crippen LogP contribution in [0.1, 0.15) is 30.8 Å². The maximum Gasteiger partial charge on any atom is 0.274 e. The highest BCUT2D eigenvalue weighted by Crippen LogP contribution is 2.30. The molecule has 116 valence electrons. The zero-order valence-corrected chi connectivity index (χ0v) is 13.7. The number of nitrogens with zero attached hydrogens (tertiary/aromatic N) is 2. The molecule has 1 aromatic heterocycles. The quantitative estimate of drug-likeness (QED) is 0.855. The fraction of sp³-hybridized carbons (Fsp3) is 0.267. The Labute approximate surface area is 139 Å². The predicted octanol–water partition coefficient (Wildman–Crippen LogP) is 4.25. The number of halogens is 2. The molecule has 0 spiro atoms. The molecule has 0 saturated carbocycles. The van der Waals surface area contributed by atoms with E-state index in [0.29, 0.717) is 21.6 Å². The molecule has 0 aliphatic rings. The second kappa shape index (κ2) is 7.42.